The third kappa shape index (κ3) is 5.70. The van der Waals surface area contributed by atoms with Gasteiger partial charge in [-0.25, -0.2) is 0 Å². The highest BCUT2D eigenvalue weighted by Gasteiger charge is 2.40. The Hall–Kier alpha value is -0.330. The van der Waals surface area contributed by atoms with E-state index in [0.29, 0.717) is 19.7 Å². The normalized spacial score (nSPS) is 19.8. The second-order valence-electron chi connectivity index (χ2n) is 4.40. The molecule has 0 atom stereocenters. The van der Waals surface area contributed by atoms with Gasteiger partial charge in [-0.1, -0.05) is 0 Å². The van der Waals surface area contributed by atoms with Gasteiger partial charge in [-0.3, -0.25) is 0 Å². The van der Waals surface area contributed by atoms with Crippen LogP contribution in [0, 0.1) is 5.92 Å². The zero-order valence-electron chi connectivity index (χ0n) is 10.2. The van der Waals surface area contributed by atoms with Gasteiger partial charge in [-0.2, -0.15) is 13.2 Å². The van der Waals surface area contributed by atoms with E-state index in [9.17, 15) is 13.2 Å². The first-order valence-corrected chi connectivity index (χ1v) is 6.02. The van der Waals surface area contributed by atoms with Crippen LogP contribution in [0.3, 0.4) is 0 Å². The number of hydrogen-bond donors (Lipinski definition) is 1. The van der Waals surface area contributed by atoms with E-state index >= 15 is 0 Å². The van der Waals surface area contributed by atoms with Gasteiger partial charge in [0.05, 0.1) is 12.5 Å². The number of alkyl halides is 3. The van der Waals surface area contributed by atoms with Crippen molar-refractivity contribution in [1.82, 2.24) is 10.2 Å². The molecule has 1 fully saturated rings. The second kappa shape index (κ2) is 7.18. The molecule has 0 aromatic carbocycles. The molecule has 17 heavy (non-hydrogen) atoms. The molecule has 1 rings (SSSR count). The van der Waals surface area contributed by atoms with Crippen molar-refractivity contribution >= 4 is 0 Å². The SMILES string of the molecule is COCCNCCN1CCC(C(F)(F)F)CC1. The van der Waals surface area contributed by atoms with E-state index in [1.807, 2.05) is 0 Å². The average molecular weight is 254 g/mol. The van der Waals surface area contributed by atoms with E-state index in [4.69, 9.17) is 4.74 Å². The highest BCUT2D eigenvalue weighted by atomic mass is 19.4. The lowest BCUT2D eigenvalue weighted by atomic mass is 9.96. The minimum Gasteiger partial charge on any atom is -0.383 e. The lowest BCUT2D eigenvalue weighted by molar-refractivity contribution is -0.184. The second-order valence-corrected chi connectivity index (χ2v) is 4.40. The van der Waals surface area contributed by atoms with Gasteiger partial charge in [0.1, 0.15) is 0 Å². The molecule has 1 heterocycles. The van der Waals surface area contributed by atoms with Crippen molar-refractivity contribution < 1.29 is 17.9 Å². The fraction of sp³-hybridized carbons (Fsp3) is 1.00. The van der Waals surface area contributed by atoms with Crippen molar-refractivity contribution in [2.75, 3.05) is 46.4 Å². The molecule has 1 N–H and O–H groups in total. The van der Waals surface area contributed by atoms with Crippen molar-refractivity contribution in [3.05, 3.63) is 0 Å². The van der Waals surface area contributed by atoms with Crippen molar-refractivity contribution in [1.29, 1.82) is 0 Å². The van der Waals surface area contributed by atoms with E-state index < -0.39 is 12.1 Å². The Balaban J connectivity index is 2.07. The van der Waals surface area contributed by atoms with Crippen LogP contribution >= 0.6 is 0 Å². The Labute approximate surface area is 100 Å². The van der Waals surface area contributed by atoms with Crippen molar-refractivity contribution in [2.24, 2.45) is 5.92 Å². The summed E-state index contributed by atoms with van der Waals surface area (Å²) >= 11 is 0. The maximum Gasteiger partial charge on any atom is 0.391 e. The molecule has 0 unspecified atom stereocenters. The van der Waals surface area contributed by atoms with Crippen LogP contribution in [0.5, 0.6) is 0 Å². The van der Waals surface area contributed by atoms with Crippen molar-refractivity contribution in [3.8, 4) is 0 Å². The van der Waals surface area contributed by atoms with Gasteiger partial charge in [0.15, 0.2) is 0 Å². The predicted octanol–water partition coefficient (Wildman–Crippen LogP) is 1.50. The first-order valence-electron chi connectivity index (χ1n) is 6.02. The molecule has 0 aromatic rings. The van der Waals surface area contributed by atoms with Gasteiger partial charge in [-0.05, 0) is 25.9 Å². The molecule has 6 heteroatoms. The molecule has 0 amide bonds. The topological polar surface area (TPSA) is 24.5 Å². The first kappa shape index (κ1) is 14.7. The number of halogens is 3. The fourth-order valence-corrected chi connectivity index (χ4v) is 2.02. The molecule has 0 saturated carbocycles. The molecule has 102 valence electrons. The predicted molar refractivity (Wildman–Crippen MR) is 60.0 cm³/mol. The molecule has 1 aliphatic heterocycles. The van der Waals surface area contributed by atoms with Gasteiger partial charge >= 0.3 is 6.18 Å². The number of ether oxygens (including phenoxy) is 1. The maximum atomic E-state index is 12.4. The zero-order chi connectivity index (χ0) is 12.7. The molecule has 1 saturated heterocycles. The fourth-order valence-electron chi connectivity index (χ4n) is 2.02. The number of nitrogens with zero attached hydrogens (tertiary/aromatic N) is 1. The smallest absolute Gasteiger partial charge is 0.383 e. The minimum absolute atomic E-state index is 0.238. The third-order valence-electron chi connectivity index (χ3n) is 3.14. The van der Waals surface area contributed by atoms with E-state index in [0.717, 1.165) is 19.6 Å². The number of hydrogen-bond acceptors (Lipinski definition) is 3. The summed E-state index contributed by atoms with van der Waals surface area (Å²) in [6, 6.07) is 0. The van der Waals surface area contributed by atoms with Crippen LogP contribution < -0.4 is 5.32 Å². The van der Waals surface area contributed by atoms with Crippen LogP contribution in [-0.4, -0.2) is 57.5 Å². The van der Waals surface area contributed by atoms with Crippen LogP contribution in [0.25, 0.3) is 0 Å². The Kier molecular flexibility index (Phi) is 6.22. The monoisotopic (exact) mass is 254 g/mol. The molecule has 0 bridgehead atoms. The number of piperidine rings is 1. The lowest BCUT2D eigenvalue weighted by Gasteiger charge is -2.32. The Morgan fingerprint density at radius 1 is 1.24 bits per heavy atom. The van der Waals surface area contributed by atoms with E-state index in [-0.39, 0.29) is 12.8 Å². The molecule has 1 aliphatic rings. The summed E-state index contributed by atoms with van der Waals surface area (Å²) in [6.07, 6.45) is -3.54. The number of rotatable bonds is 6. The average Bonchev–Trinajstić information content (AvgIpc) is 2.28. The molecule has 0 radical (unpaired) electrons. The summed E-state index contributed by atoms with van der Waals surface area (Å²) in [4.78, 5) is 2.09. The van der Waals surface area contributed by atoms with Gasteiger partial charge in [0.2, 0.25) is 0 Å². The van der Waals surface area contributed by atoms with Gasteiger partial charge in [-0.15, -0.1) is 0 Å². The van der Waals surface area contributed by atoms with E-state index in [1.54, 1.807) is 7.11 Å². The van der Waals surface area contributed by atoms with Gasteiger partial charge < -0.3 is 15.0 Å². The van der Waals surface area contributed by atoms with Crippen LogP contribution in [0.2, 0.25) is 0 Å². The Morgan fingerprint density at radius 3 is 2.41 bits per heavy atom. The number of nitrogens with one attached hydrogen (secondary N) is 1. The van der Waals surface area contributed by atoms with Crippen molar-refractivity contribution in [3.63, 3.8) is 0 Å². The summed E-state index contributed by atoms with van der Waals surface area (Å²) in [5.41, 5.74) is 0. The zero-order valence-corrected chi connectivity index (χ0v) is 10.2. The van der Waals surface area contributed by atoms with E-state index in [1.165, 1.54) is 0 Å². The third-order valence-corrected chi connectivity index (χ3v) is 3.14. The van der Waals surface area contributed by atoms with Crippen LogP contribution in [0.15, 0.2) is 0 Å². The largest absolute Gasteiger partial charge is 0.391 e. The van der Waals surface area contributed by atoms with Crippen LogP contribution in [0.4, 0.5) is 13.2 Å². The summed E-state index contributed by atoms with van der Waals surface area (Å²) in [5.74, 6) is -1.10. The van der Waals surface area contributed by atoms with Gasteiger partial charge in [0, 0.05) is 26.7 Å². The van der Waals surface area contributed by atoms with Crippen molar-refractivity contribution in [2.45, 2.75) is 19.0 Å². The lowest BCUT2D eigenvalue weighted by Crippen LogP contribution is -2.41. The minimum atomic E-state index is -4.01. The summed E-state index contributed by atoms with van der Waals surface area (Å²) in [7, 11) is 1.64. The number of likely N-dealkylation sites (tertiary alicyclic amines) is 1. The van der Waals surface area contributed by atoms with Gasteiger partial charge in [0.25, 0.3) is 0 Å². The summed E-state index contributed by atoms with van der Waals surface area (Å²) in [5, 5.41) is 3.19. The highest BCUT2D eigenvalue weighted by molar-refractivity contribution is 4.77. The molecule has 0 aliphatic carbocycles. The maximum absolute atomic E-state index is 12.4. The number of methoxy groups -OCH3 is 1. The molecule has 0 spiro atoms. The summed E-state index contributed by atoms with van der Waals surface area (Å²) in [6.45, 7) is 4.17. The Morgan fingerprint density at radius 2 is 1.88 bits per heavy atom. The molecule has 0 aromatic heterocycles. The van der Waals surface area contributed by atoms with Crippen LogP contribution in [0.1, 0.15) is 12.8 Å². The molecular weight excluding hydrogens is 233 g/mol. The van der Waals surface area contributed by atoms with Crippen LogP contribution in [-0.2, 0) is 4.74 Å². The Bertz CT molecular complexity index is 203. The molecular formula is C11H21F3N2O. The van der Waals surface area contributed by atoms with E-state index in [2.05, 4.69) is 10.2 Å². The quantitative estimate of drug-likeness (QED) is 0.727. The first-order chi connectivity index (χ1) is 8.04. The highest BCUT2D eigenvalue weighted by Crippen LogP contribution is 2.33. The standard InChI is InChI=1S/C11H21F3N2O/c1-17-9-5-15-4-8-16-6-2-10(3-7-16)11(12,13)14/h10,15H,2-9H2,1H3. The summed E-state index contributed by atoms with van der Waals surface area (Å²) < 4.78 is 42.1. The molecule has 3 nitrogen and oxygen atoms in total.